The Morgan fingerprint density at radius 1 is 0.786 bits per heavy atom. The van der Waals surface area contributed by atoms with Crippen LogP contribution in [0.15, 0.2) is 102 Å². The van der Waals surface area contributed by atoms with E-state index in [1.807, 2.05) is 13.8 Å². The lowest BCUT2D eigenvalue weighted by Gasteiger charge is -2.67. The Labute approximate surface area is 579 Å². The van der Waals surface area contributed by atoms with Crippen molar-refractivity contribution in [2.75, 3.05) is 24.7 Å². The van der Waals surface area contributed by atoms with Gasteiger partial charge in [0, 0.05) is 69.1 Å². The highest BCUT2D eigenvalue weighted by molar-refractivity contribution is 8.76. The third kappa shape index (κ3) is 16.7. The van der Waals surface area contributed by atoms with Gasteiger partial charge in [-0.25, -0.2) is 9.59 Å². The Morgan fingerprint density at radius 3 is 1.95 bits per heavy atom. The van der Waals surface area contributed by atoms with E-state index < -0.39 is 154 Å². The predicted molar refractivity (Wildman–Crippen MR) is 366 cm³/mol. The van der Waals surface area contributed by atoms with Crippen molar-refractivity contribution in [1.29, 1.82) is 5.41 Å². The number of benzene rings is 3. The smallest absolute Gasteiger partial charge is 0.338 e. The van der Waals surface area contributed by atoms with E-state index in [1.54, 1.807) is 92.7 Å². The van der Waals surface area contributed by atoms with Crippen LogP contribution in [-0.4, -0.2) is 171 Å². The minimum Gasteiger partial charge on any atom is -0.461 e. The highest BCUT2D eigenvalue weighted by Gasteiger charge is 2.79. The largest absolute Gasteiger partial charge is 0.461 e. The molecule has 98 heavy (non-hydrogen) atoms. The molecule has 1 saturated heterocycles. The summed E-state index contributed by atoms with van der Waals surface area (Å²) in [4.78, 5) is 143. The van der Waals surface area contributed by atoms with Crippen molar-refractivity contribution in [3.8, 4) is 0 Å². The number of nitrogens with one attached hydrogen (secondary N) is 5. The summed E-state index contributed by atoms with van der Waals surface area (Å²) in [7, 11) is 2.57. The van der Waals surface area contributed by atoms with Crippen LogP contribution in [0, 0.1) is 22.2 Å². The number of nitrogens with two attached hydrogens (primary N) is 2. The van der Waals surface area contributed by atoms with E-state index in [4.69, 9.17) is 45.3 Å². The molecule has 1 aliphatic heterocycles. The molecule has 2 saturated carbocycles. The Kier molecular flexibility index (Phi) is 25.9. The number of esters is 5. The molecular formula is C71H95N7O18S2. The average Bonchev–Trinajstić information content (AvgIpc) is 0.668. The topological polar surface area (TPSA) is 391 Å². The van der Waals surface area contributed by atoms with Gasteiger partial charge in [-0.05, 0) is 100 Å². The van der Waals surface area contributed by atoms with Gasteiger partial charge in [0.25, 0.3) is 5.91 Å². The van der Waals surface area contributed by atoms with Gasteiger partial charge in [-0.1, -0.05) is 123 Å². The first-order chi connectivity index (χ1) is 46.2. The van der Waals surface area contributed by atoms with Crippen LogP contribution in [0.2, 0.25) is 0 Å². The minimum absolute atomic E-state index is 0.00134. The lowest BCUT2D eigenvalue weighted by Crippen LogP contribution is -2.82. The molecule has 0 spiro atoms. The van der Waals surface area contributed by atoms with E-state index in [1.165, 1.54) is 68.3 Å². The van der Waals surface area contributed by atoms with Crippen LogP contribution >= 0.6 is 21.6 Å². The van der Waals surface area contributed by atoms with Crippen molar-refractivity contribution in [3.05, 3.63) is 119 Å². The molecule has 3 aromatic rings. The van der Waals surface area contributed by atoms with Crippen molar-refractivity contribution in [2.24, 2.45) is 28.2 Å². The van der Waals surface area contributed by atoms with Gasteiger partial charge < -0.3 is 66.1 Å². The summed E-state index contributed by atoms with van der Waals surface area (Å²) < 4.78 is 37.9. The van der Waals surface area contributed by atoms with Gasteiger partial charge in [0.1, 0.15) is 30.0 Å². The van der Waals surface area contributed by atoms with Crippen LogP contribution < -0.4 is 32.7 Å². The van der Waals surface area contributed by atoms with E-state index in [0.717, 1.165) is 13.8 Å². The second-order valence-corrected chi connectivity index (χ2v) is 29.4. The van der Waals surface area contributed by atoms with Crippen LogP contribution in [0.1, 0.15) is 166 Å². The third-order valence-electron chi connectivity index (χ3n) is 20.1. The van der Waals surface area contributed by atoms with Crippen molar-refractivity contribution in [1.82, 2.24) is 21.3 Å². The molecule has 0 radical (unpaired) electrons. The summed E-state index contributed by atoms with van der Waals surface area (Å²) in [6.07, 6.45) is -9.80. The summed E-state index contributed by atoms with van der Waals surface area (Å²) in [5.41, 5.74) is 1.64. The van der Waals surface area contributed by atoms with Gasteiger partial charge in [-0.2, -0.15) is 0 Å². The summed E-state index contributed by atoms with van der Waals surface area (Å²) in [5.74, 6) is -9.19. The number of ketones is 3. The van der Waals surface area contributed by atoms with E-state index in [2.05, 4.69) is 21.3 Å². The van der Waals surface area contributed by atoms with Crippen LogP contribution in [0.4, 0.5) is 0 Å². The number of aliphatic hydroxyl groups excluding tert-OH is 1. The molecule has 11 N–H and O–H groups in total. The zero-order valence-corrected chi connectivity index (χ0v) is 59.2. The molecule has 27 heteroatoms. The second kappa shape index (κ2) is 32.6. The first-order valence-corrected chi connectivity index (χ1v) is 35.6. The maximum Gasteiger partial charge on any atom is 0.338 e. The Morgan fingerprint density at radius 2 is 1.40 bits per heavy atom. The quantitative estimate of drug-likeness (QED) is 0.00658. The number of fused-ring (bicyclic) bond motifs is 5. The summed E-state index contributed by atoms with van der Waals surface area (Å²) in [6, 6.07) is 20.7. The van der Waals surface area contributed by atoms with Gasteiger partial charge in [0.15, 0.2) is 41.1 Å². The van der Waals surface area contributed by atoms with E-state index >= 15 is 4.79 Å². The number of Topliss-reactive ketones (excluding diaryl/α,β-unsaturated/α-hetero) is 3. The van der Waals surface area contributed by atoms with Crippen molar-refractivity contribution < 1.29 is 86.6 Å². The number of amides is 2. The fraction of sp³-hybridized carbons (Fsp3) is 0.563. The van der Waals surface area contributed by atoms with Crippen LogP contribution in [0.25, 0.3) is 0 Å². The van der Waals surface area contributed by atoms with Gasteiger partial charge >= 0.3 is 29.8 Å². The van der Waals surface area contributed by atoms with Crippen LogP contribution in [-0.2, 0) is 66.8 Å². The van der Waals surface area contributed by atoms with Gasteiger partial charge in [0.05, 0.1) is 52.7 Å². The molecule has 7 rings (SSSR count). The van der Waals surface area contributed by atoms with E-state index in [0.29, 0.717) is 37.1 Å². The number of rotatable bonds is 32. The maximum absolute atomic E-state index is 16.5. The normalized spacial score (nSPS) is 25.8. The average molecular weight is 1400 g/mol. The van der Waals surface area contributed by atoms with Crippen LogP contribution in [0.3, 0.4) is 0 Å². The fourth-order valence-corrected chi connectivity index (χ4v) is 16.5. The highest BCUT2D eigenvalue weighted by atomic mass is 33.1. The molecule has 14 atom stereocenters. The number of carbonyl (C=O) groups is 10. The second-order valence-electron chi connectivity index (χ2n) is 26.7. The molecule has 3 aliphatic carbocycles. The molecule has 3 fully saturated rings. The molecule has 1 unspecified atom stereocenters. The Balaban J connectivity index is 1.20. The zero-order chi connectivity index (χ0) is 72.3. The van der Waals surface area contributed by atoms with Crippen LogP contribution in [0.5, 0.6) is 0 Å². The number of hydrogen-bond acceptors (Lipinski definition) is 23. The van der Waals surface area contributed by atoms with Crippen molar-refractivity contribution in [3.63, 3.8) is 0 Å². The number of hydrogen-bond donors (Lipinski definition) is 9. The lowest BCUT2D eigenvalue weighted by molar-refractivity contribution is -0.346. The molecule has 0 aromatic heterocycles. The first-order valence-electron chi connectivity index (χ1n) is 33.2. The molecule has 1 heterocycles. The predicted octanol–water partition coefficient (Wildman–Crippen LogP) is 6.00. The molecule has 534 valence electrons. The fourth-order valence-electron chi connectivity index (χ4n) is 14.3. The number of aliphatic hydroxyl groups is 2. The third-order valence-corrected chi connectivity index (χ3v) is 22.6. The van der Waals surface area contributed by atoms with Gasteiger partial charge in [-0.15, -0.1) is 0 Å². The molecular weight excluding hydrogens is 1300 g/mol. The molecule has 2 bridgehead atoms. The van der Waals surface area contributed by atoms with Crippen molar-refractivity contribution in [2.45, 2.75) is 211 Å². The monoisotopic (exact) mass is 1400 g/mol. The molecule has 3 aromatic carbocycles. The number of ether oxygens (including phenoxy) is 6. The lowest BCUT2D eigenvalue weighted by atomic mass is 9.44. The van der Waals surface area contributed by atoms with Crippen molar-refractivity contribution >= 4 is 86.6 Å². The van der Waals surface area contributed by atoms with Gasteiger partial charge in [-0.3, -0.25) is 49.1 Å². The Hall–Kier alpha value is -7.53. The van der Waals surface area contributed by atoms with Gasteiger partial charge in [0.2, 0.25) is 5.91 Å². The summed E-state index contributed by atoms with van der Waals surface area (Å²) in [6.45, 7) is 16.4. The number of guanidine groups is 1. The summed E-state index contributed by atoms with van der Waals surface area (Å²) >= 11 is 0. The maximum atomic E-state index is 16.5. The molecule has 2 amide bonds. The Bertz CT molecular complexity index is 3470. The zero-order valence-electron chi connectivity index (χ0n) is 57.5. The minimum atomic E-state index is -2.55. The van der Waals surface area contributed by atoms with E-state index in [-0.39, 0.29) is 77.7 Å². The SMILES string of the molecule is CCC(N)(CC)C(=O)[C@@H](CCCNC(=N)N)NC(C)(CC)C(=O)[C@@H](CSSCCCC(=O)O[C@H]1C[C@H]2OC[C@@]2(OC(C)=O)[C@H]2[C@H](OC(=O)c3ccccc3)[C@]3(O)C[C@H](OC(=O)[C@H](O)[C@@H](NC(=O)c4ccccc4)c4ccccc4)C(C)=C([C@@H](OC(C)=O)C(=O)[C@]12C)C3(C)C)NC(C)=O. The first kappa shape index (κ1) is 77.8. The van der Waals surface area contributed by atoms with E-state index in [9.17, 15) is 53.4 Å². The molecule has 25 nitrogen and oxygen atoms in total. The number of carbonyl (C=O) groups excluding carboxylic acids is 10. The summed E-state index contributed by atoms with van der Waals surface area (Å²) in [5, 5.41) is 45.5. The standard InChI is InChI=1S/C71H95N7O18S2/c1-12-67(10,78-47(32-24-34-75-65(72)73)59(85)69(74,13-2)14-3)58(84)48(76-41(5)79)38-98-97-35-25-33-52(82)94-50-36-51-70(39-91-51,96-43(7)81)57-61(95-63(88)46-30-22-17-23-31-46)71(90)37-49(40(4)53(66(71,8)9)56(92-42(6)80)60(86)68(50,57)11)93-64(89)55(83)54(44-26-18-15-19-27-44)77-62(87)45-28-20-16-21-29-45/h15-23,26-31,47-51,54-57,61,78,83,90H,12-14,24-25,32-39,74H2,1-11H3,(H,76,79)(H,77,87)(H4,72,73,75)/t47-,48-,49+,50+,51-,54+,55-,56-,57+,61+,67?,68-,70+,71-/m1/s1. The highest BCUT2D eigenvalue weighted by Crippen LogP contribution is 2.65. The molecule has 4 aliphatic rings.